The van der Waals surface area contributed by atoms with Gasteiger partial charge in [0.15, 0.2) is 11.1 Å². The number of phosphoric ester groups is 1. The number of terminal acetylenes is 1. The van der Waals surface area contributed by atoms with Crippen molar-refractivity contribution in [2.75, 3.05) is 18.9 Å². The molecule has 4 unspecified atom stereocenters. The maximum atomic E-state index is 12.4. The quantitative estimate of drug-likeness (QED) is 0.129. The molecular formula is C13H19ClN3O13P3. The Morgan fingerprint density at radius 2 is 1.91 bits per heavy atom. The van der Waals surface area contributed by atoms with Crippen LogP contribution in [0, 0.1) is 25.2 Å². The van der Waals surface area contributed by atoms with E-state index >= 15 is 0 Å². The summed E-state index contributed by atoms with van der Waals surface area (Å²) in [7, 11) is -16.8. The average molecular weight is 554 g/mol. The molecule has 20 heteroatoms. The minimum Gasteiger partial charge on any atom is -0.396 e. The number of nitrogens with zero attached hydrogens (tertiary/aromatic N) is 2. The highest BCUT2D eigenvalue weighted by molar-refractivity contribution is 7.66. The van der Waals surface area contributed by atoms with Crippen LogP contribution in [0.4, 0.5) is 5.82 Å². The van der Waals surface area contributed by atoms with Crippen molar-refractivity contribution in [1.82, 2.24) is 9.55 Å². The molecule has 1 aromatic heterocycles. The van der Waals surface area contributed by atoms with Gasteiger partial charge in [-0.1, -0.05) is 17.5 Å². The monoisotopic (exact) mass is 553 g/mol. The van der Waals surface area contributed by atoms with Crippen molar-refractivity contribution in [2.24, 2.45) is 5.92 Å². The van der Waals surface area contributed by atoms with E-state index in [2.05, 4.69) is 24.0 Å². The molecule has 1 fully saturated rings. The lowest BCUT2D eigenvalue weighted by Gasteiger charge is -2.28. The van der Waals surface area contributed by atoms with Crippen LogP contribution in [0.1, 0.15) is 11.9 Å². The summed E-state index contributed by atoms with van der Waals surface area (Å²) in [5.41, 5.74) is 4.84. The minimum atomic E-state index is -5.74. The Kier molecular flexibility index (Phi) is 8.39. The number of halogens is 1. The highest BCUT2D eigenvalue weighted by Gasteiger charge is 2.57. The van der Waals surface area contributed by atoms with Gasteiger partial charge in [0.1, 0.15) is 5.82 Å². The fourth-order valence-electron chi connectivity index (χ4n) is 3.03. The molecule has 0 amide bonds. The first kappa shape index (κ1) is 28.1. The van der Waals surface area contributed by atoms with E-state index in [1.165, 1.54) is 13.0 Å². The number of anilines is 1. The van der Waals surface area contributed by atoms with Crippen LogP contribution in [0.2, 0.25) is 0 Å². The lowest BCUT2D eigenvalue weighted by molar-refractivity contribution is -0.0381. The topological polar surface area (TPSA) is 250 Å². The number of nitrogen functional groups attached to an aromatic ring is 1. The Morgan fingerprint density at radius 1 is 1.30 bits per heavy atom. The summed E-state index contributed by atoms with van der Waals surface area (Å²) >= 11 is 6.48. The van der Waals surface area contributed by atoms with E-state index in [9.17, 15) is 33.4 Å². The molecule has 2 heterocycles. The van der Waals surface area contributed by atoms with E-state index in [-0.39, 0.29) is 11.5 Å². The van der Waals surface area contributed by atoms with Gasteiger partial charge in [-0.2, -0.15) is 13.6 Å². The van der Waals surface area contributed by atoms with Crippen molar-refractivity contribution in [1.29, 1.82) is 0 Å². The third-order valence-corrected chi connectivity index (χ3v) is 8.67. The smallest absolute Gasteiger partial charge is 0.396 e. The first-order chi connectivity index (χ1) is 14.9. The molecule has 1 aliphatic heterocycles. The summed E-state index contributed by atoms with van der Waals surface area (Å²) in [5.74, 6) is 0.884. The maximum Gasteiger partial charge on any atom is 0.490 e. The van der Waals surface area contributed by atoms with Crippen molar-refractivity contribution in [3.05, 3.63) is 22.2 Å². The third-order valence-electron chi connectivity index (χ3n) is 4.29. The molecule has 0 radical (unpaired) electrons. The fraction of sp³-hybridized carbons (Fsp3) is 0.538. The molecule has 0 aliphatic carbocycles. The summed E-state index contributed by atoms with van der Waals surface area (Å²) in [4.78, 5) is 50.0. The predicted molar refractivity (Wildman–Crippen MR) is 109 cm³/mol. The number of phosphoric acid groups is 3. The predicted octanol–water partition coefficient (Wildman–Crippen LogP) is -0.406. The molecule has 1 aromatic rings. The van der Waals surface area contributed by atoms with Gasteiger partial charge >= 0.3 is 29.2 Å². The third kappa shape index (κ3) is 6.72. The number of nitrogens with two attached hydrogens (primary N) is 1. The van der Waals surface area contributed by atoms with E-state index < -0.39 is 65.5 Å². The van der Waals surface area contributed by atoms with Crippen LogP contribution in [0.15, 0.2) is 10.9 Å². The van der Waals surface area contributed by atoms with Crippen LogP contribution in [0.5, 0.6) is 0 Å². The Labute approximate surface area is 190 Å². The average Bonchev–Trinajstić information content (AvgIpc) is 2.88. The highest BCUT2D eigenvalue weighted by atomic mass is 35.5. The SMILES string of the molecule is C#CC1(Cl)C(CO)[C@@H](COP(=O)(O)OP(=O)(O)OP(=O)(O)O)O[C@H]1n1c(C)cc(N)nc1=O. The summed E-state index contributed by atoms with van der Waals surface area (Å²) in [6, 6.07) is 1.31. The number of ether oxygens (including phenoxy) is 1. The van der Waals surface area contributed by atoms with Gasteiger partial charge in [0, 0.05) is 11.6 Å². The van der Waals surface area contributed by atoms with Crippen molar-refractivity contribution < 1.29 is 56.3 Å². The molecule has 7 N–H and O–H groups in total. The molecule has 0 spiro atoms. The van der Waals surface area contributed by atoms with E-state index in [4.69, 9.17) is 38.3 Å². The van der Waals surface area contributed by atoms with Crippen LogP contribution >= 0.6 is 35.1 Å². The number of hydrogen-bond donors (Lipinski definition) is 6. The summed E-state index contributed by atoms with van der Waals surface area (Å²) in [6.07, 6.45) is 2.67. The number of aryl methyl sites for hydroxylation is 1. The molecule has 6 atom stereocenters. The largest absolute Gasteiger partial charge is 0.490 e. The second kappa shape index (κ2) is 9.85. The highest BCUT2D eigenvalue weighted by Crippen LogP contribution is 2.66. The lowest BCUT2D eigenvalue weighted by atomic mass is 9.89. The fourth-order valence-corrected chi connectivity index (χ4v) is 6.42. The number of aliphatic hydroxyl groups is 1. The molecule has 1 aliphatic rings. The van der Waals surface area contributed by atoms with Crippen LogP contribution in [-0.4, -0.2) is 58.4 Å². The number of hydrogen-bond acceptors (Lipinski definition) is 11. The molecule has 1 saturated heterocycles. The molecular weight excluding hydrogens is 535 g/mol. The van der Waals surface area contributed by atoms with Gasteiger partial charge in [-0.05, 0) is 13.0 Å². The minimum absolute atomic E-state index is 0.101. The number of alkyl halides is 1. The normalized spacial score (nSPS) is 29.2. The van der Waals surface area contributed by atoms with Gasteiger partial charge in [-0.15, -0.1) is 6.42 Å². The van der Waals surface area contributed by atoms with Crippen LogP contribution in [-0.2, 0) is 31.6 Å². The van der Waals surface area contributed by atoms with E-state index in [0.29, 0.717) is 0 Å². The molecule has 2 rings (SSSR count). The van der Waals surface area contributed by atoms with Crippen molar-refractivity contribution in [2.45, 2.75) is 24.1 Å². The molecule has 0 aromatic carbocycles. The first-order valence-electron chi connectivity index (χ1n) is 8.51. The van der Waals surface area contributed by atoms with Gasteiger partial charge in [0.2, 0.25) is 0 Å². The first-order valence-corrected chi connectivity index (χ1v) is 13.4. The lowest BCUT2D eigenvalue weighted by Crippen LogP contribution is -2.42. The summed E-state index contributed by atoms with van der Waals surface area (Å²) in [5, 5.41) is 9.80. The van der Waals surface area contributed by atoms with E-state index in [1.807, 2.05) is 0 Å². The maximum absolute atomic E-state index is 12.4. The van der Waals surface area contributed by atoms with Crippen LogP contribution < -0.4 is 11.4 Å². The molecule has 0 bridgehead atoms. The van der Waals surface area contributed by atoms with Crippen molar-refractivity contribution in [3.63, 3.8) is 0 Å². The number of aliphatic hydroxyl groups excluding tert-OH is 1. The van der Waals surface area contributed by atoms with Crippen molar-refractivity contribution in [3.8, 4) is 12.3 Å². The van der Waals surface area contributed by atoms with Crippen molar-refractivity contribution >= 4 is 40.9 Å². The standard InChI is InChI=1S/C13H19ClN3O13P3/c1-3-13(14)8(5-18)9(28-11(13)17-7(2)4-10(15)16-12(17)19)6-27-32(23,24)30-33(25,26)29-31(20,21)22/h1,4,8-9,11,18H,5-6H2,2H3,(H,23,24)(H,25,26)(H2,15,16,19)(H2,20,21,22)/t8?,9-,11-,13?/m1/s1. The second-order valence-corrected chi connectivity index (χ2v) is 11.6. The van der Waals surface area contributed by atoms with E-state index in [1.54, 1.807) is 0 Å². The second-order valence-electron chi connectivity index (χ2n) is 6.59. The zero-order valence-electron chi connectivity index (χ0n) is 16.5. The molecule has 186 valence electrons. The molecule has 33 heavy (non-hydrogen) atoms. The Bertz CT molecular complexity index is 1150. The van der Waals surface area contributed by atoms with Gasteiger partial charge in [0.05, 0.1) is 19.3 Å². The summed E-state index contributed by atoms with van der Waals surface area (Å²) < 4.78 is 52.4. The Morgan fingerprint density at radius 3 is 2.39 bits per heavy atom. The number of rotatable bonds is 9. The van der Waals surface area contributed by atoms with Crippen LogP contribution in [0.25, 0.3) is 0 Å². The number of aromatic nitrogens is 2. The molecule has 16 nitrogen and oxygen atoms in total. The zero-order valence-corrected chi connectivity index (χ0v) is 19.9. The van der Waals surface area contributed by atoms with Gasteiger partial charge in [-0.25, -0.2) is 18.5 Å². The Balaban J connectivity index is 2.29. The molecule has 0 saturated carbocycles. The van der Waals surface area contributed by atoms with Gasteiger partial charge in [-0.3, -0.25) is 9.09 Å². The Hall–Kier alpha value is -1.14. The van der Waals surface area contributed by atoms with Gasteiger partial charge in [0.25, 0.3) is 0 Å². The summed E-state index contributed by atoms with van der Waals surface area (Å²) in [6.45, 7) is -0.243. The van der Waals surface area contributed by atoms with Gasteiger partial charge < -0.3 is 35.2 Å². The van der Waals surface area contributed by atoms with Crippen LogP contribution in [0.3, 0.4) is 0 Å². The van der Waals surface area contributed by atoms with E-state index in [0.717, 1.165) is 4.57 Å². The zero-order chi connectivity index (χ0) is 25.4.